The number of hydrogen-bond acceptors (Lipinski definition) is 4. The summed E-state index contributed by atoms with van der Waals surface area (Å²) in [6.45, 7) is 13.3. The zero-order valence-corrected chi connectivity index (χ0v) is 15.2. The van der Waals surface area contributed by atoms with E-state index < -0.39 is 11.0 Å². The van der Waals surface area contributed by atoms with Crippen LogP contribution in [0.2, 0.25) is 0 Å². The molecular formula is C19H27N3O. The molecule has 0 N–H and O–H groups in total. The van der Waals surface area contributed by atoms with Crippen LogP contribution in [0.1, 0.15) is 60.1 Å². The summed E-state index contributed by atoms with van der Waals surface area (Å²) in [4.78, 5) is 6.08. The van der Waals surface area contributed by atoms with Gasteiger partial charge in [0.2, 0.25) is 0 Å². The highest BCUT2D eigenvalue weighted by molar-refractivity contribution is 5.24. The molecule has 1 unspecified atom stereocenters. The van der Waals surface area contributed by atoms with Crippen molar-refractivity contribution in [2.45, 2.75) is 65.6 Å². The fraction of sp³-hybridized carbons (Fsp3) is 0.579. The monoisotopic (exact) mass is 313 g/mol. The smallest absolute Gasteiger partial charge is 0.170 e. The highest BCUT2D eigenvalue weighted by Crippen LogP contribution is 2.42. The van der Waals surface area contributed by atoms with Crippen LogP contribution in [-0.4, -0.2) is 16.2 Å². The number of nitrogens with zero attached hydrogens (tertiary/aromatic N) is 3. The van der Waals surface area contributed by atoms with Gasteiger partial charge < -0.3 is 0 Å². The molecule has 23 heavy (non-hydrogen) atoms. The Kier molecular flexibility index (Phi) is 5.59. The van der Waals surface area contributed by atoms with Crippen LogP contribution in [-0.2, 0) is 4.84 Å². The van der Waals surface area contributed by atoms with E-state index in [1.165, 1.54) is 0 Å². The second kappa shape index (κ2) is 6.71. The van der Waals surface area contributed by atoms with E-state index in [1.54, 1.807) is 18.9 Å². The molecule has 4 heteroatoms. The Bertz CT molecular complexity index is 600. The molecular weight excluding hydrogens is 286 g/mol. The van der Waals surface area contributed by atoms with Gasteiger partial charge in [-0.15, -0.1) is 0 Å². The van der Waals surface area contributed by atoms with Gasteiger partial charge in [-0.25, -0.2) is 0 Å². The molecule has 124 valence electrons. The van der Waals surface area contributed by atoms with E-state index in [-0.39, 0.29) is 11.6 Å². The lowest BCUT2D eigenvalue weighted by Crippen LogP contribution is -2.51. The summed E-state index contributed by atoms with van der Waals surface area (Å²) >= 11 is 0. The van der Waals surface area contributed by atoms with Crippen molar-refractivity contribution in [1.29, 1.82) is 10.5 Å². The maximum absolute atomic E-state index is 9.70. The number of hydroxylamine groups is 2. The minimum atomic E-state index is -0.980. The highest BCUT2D eigenvalue weighted by Gasteiger charge is 2.43. The third-order valence-corrected chi connectivity index (χ3v) is 3.58. The van der Waals surface area contributed by atoms with Crippen molar-refractivity contribution in [2.24, 2.45) is 5.41 Å². The van der Waals surface area contributed by atoms with Crippen LogP contribution >= 0.6 is 0 Å². The summed E-state index contributed by atoms with van der Waals surface area (Å²) in [6, 6.07) is 14.1. The van der Waals surface area contributed by atoms with E-state index in [0.717, 1.165) is 5.56 Å². The first kappa shape index (κ1) is 19.2. The van der Waals surface area contributed by atoms with Crippen LogP contribution in [0, 0.1) is 28.1 Å². The van der Waals surface area contributed by atoms with Gasteiger partial charge in [-0.3, -0.25) is 4.84 Å². The third-order valence-electron chi connectivity index (χ3n) is 3.58. The second-order valence-electron chi connectivity index (χ2n) is 7.86. The SMILES string of the molecule is CC(C)(C#N)ON(C(c1ccccc1)C(C)(C)C#N)C(C)(C)C. The van der Waals surface area contributed by atoms with Gasteiger partial charge in [-0.1, -0.05) is 30.3 Å². The Morgan fingerprint density at radius 3 is 1.83 bits per heavy atom. The molecule has 0 amide bonds. The molecule has 0 aromatic heterocycles. The van der Waals surface area contributed by atoms with Gasteiger partial charge in [-0.05, 0) is 54.0 Å². The summed E-state index contributed by atoms with van der Waals surface area (Å²) in [6.07, 6.45) is 0. The summed E-state index contributed by atoms with van der Waals surface area (Å²) in [5.41, 5.74) is -1.07. The summed E-state index contributed by atoms with van der Waals surface area (Å²) < 4.78 is 0. The predicted octanol–water partition coefficient (Wildman–Crippen LogP) is 4.61. The van der Waals surface area contributed by atoms with Crippen LogP contribution in [0.3, 0.4) is 0 Å². The fourth-order valence-electron chi connectivity index (χ4n) is 2.38. The molecule has 1 rings (SSSR count). The van der Waals surface area contributed by atoms with E-state index in [4.69, 9.17) is 4.84 Å². The molecule has 1 atom stereocenters. The van der Waals surface area contributed by atoms with Gasteiger partial charge in [0.1, 0.15) is 0 Å². The molecule has 0 saturated heterocycles. The van der Waals surface area contributed by atoms with Crippen LogP contribution in [0.4, 0.5) is 0 Å². The Hall–Kier alpha value is -1.88. The third kappa shape index (κ3) is 4.79. The molecule has 0 bridgehead atoms. The first-order chi connectivity index (χ1) is 10.4. The quantitative estimate of drug-likeness (QED) is 0.745. The molecule has 0 aliphatic heterocycles. The van der Waals surface area contributed by atoms with Crippen LogP contribution in [0.25, 0.3) is 0 Å². The number of rotatable bonds is 5. The minimum Gasteiger partial charge on any atom is -0.277 e. The van der Waals surface area contributed by atoms with Gasteiger partial charge >= 0.3 is 0 Å². The maximum atomic E-state index is 9.70. The van der Waals surface area contributed by atoms with Gasteiger partial charge in [-0.2, -0.15) is 15.6 Å². The topological polar surface area (TPSA) is 60.0 Å². The van der Waals surface area contributed by atoms with E-state index >= 15 is 0 Å². The minimum absolute atomic E-state index is 0.304. The highest BCUT2D eigenvalue weighted by atomic mass is 16.7. The van der Waals surface area contributed by atoms with Gasteiger partial charge in [0.25, 0.3) is 0 Å². The van der Waals surface area contributed by atoms with Crippen LogP contribution < -0.4 is 0 Å². The molecule has 1 aromatic carbocycles. The molecule has 0 saturated carbocycles. The normalized spacial score (nSPS) is 14.2. The Labute approximate surface area is 140 Å². The van der Waals surface area contributed by atoms with Crippen molar-refractivity contribution in [3.8, 4) is 12.1 Å². The van der Waals surface area contributed by atoms with Crippen molar-refractivity contribution < 1.29 is 4.84 Å². The van der Waals surface area contributed by atoms with Crippen molar-refractivity contribution in [3.63, 3.8) is 0 Å². The summed E-state index contributed by atoms with van der Waals surface area (Å²) in [7, 11) is 0. The van der Waals surface area contributed by atoms with Gasteiger partial charge in [0, 0.05) is 5.54 Å². The van der Waals surface area contributed by atoms with E-state index in [1.807, 2.05) is 65.0 Å². The van der Waals surface area contributed by atoms with Crippen molar-refractivity contribution in [1.82, 2.24) is 5.06 Å². The Balaban J connectivity index is 3.47. The molecule has 0 radical (unpaired) electrons. The average Bonchev–Trinajstić information content (AvgIpc) is 2.46. The lowest BCUT2D eigenvalue weighted by Gasteiger charge is -2.46. The number of hydrogen-bond donors (Lipinski definition) is 0. The fourth-order valence-corrected chi connectivity index (χ4v) is 2.38. The summed E-state index contributed by atoms with van der Waals surface area (Å²) in [5, 5.41) is 20.9. The first-order valence-electron chi connectivity index (χ1n) is 7.80. The molecule has 0 aliphatic carbocycles. The second-order valence-corrected chi connectivity index (χ2v) is 7.86. The standard InChI is InChI=1S/C19H27N3O/c1-17(2,3)22(23-19(6,7)14-21)16(18(4,5)13-20)15-11-9-8-10-12-15/h8-12,16H,1-7H3. The Morgan fingerprint density at radius 2 is 1.43 bits per heavy atom. The molecule has 0 spiro atoms. The van der Waals surface area contributed by atoms with E-state index in [9.17, 15) is 10.5 Å². The van der Waals surface area contributed by atoms with E-state index in [0.29, 0.717) is 0 Å². The van der Waals surface area contributed by atoms with Crippen LogP contribution in [0.15, 0.2) is 30.3 Å². The lowest BCUT2D eigenvalue weighted by molar-refractivity contribution is -0.291. The van der Waals surface area contributed by atoms with Crippen molar-refractivity contribution in [2.75, 3.05) is 0 Å². The maximum Gasteiger partial charge on any atom is 0.170 e. The first-order valence-corrected chi connectivity index (χ1v) is 7.80. The molecule has 0 heterocycles. The molecule has 4 nitrogen and oxygen atoms in total. The van der Waals surface area contributed by atoms with E-state index in [2.05, 4.69) is 12.1 Å². The summed E-state index contributed by atoms with van der Waals surface area (Å²) in [5.74, 6) is 0. The number of nitriles is 2. The zero-order chi connectivity index (χ0) is 17.9. The predicted molar refractivity (Wildman–Crippen MR) is 90.9 cm³/mol. The van der Waals surface area contributed by atoms with Crippen LogP contribution in [0.5, 0.6) is 0 Å². The largest absolute Gasteiger partial charge is 0.277 e. The molecule has 0 aliphatic rings. The van der Waals surface area contributed by atoms with Gasteiger partial charge in [0.15, 0.2) is 5.60 Å². The zero-order valence-electron chi connectivity index (χ0n) is 15.2. The van der Waals surface area contributed by atoms with Gasteiger partial charge in [0.05, 0.1) is 23.6 Å². The Morgan fingerprint density at radius 1 is 0.913 bits per heavy atom. The molecule has 0 fully saturated rings. The lowest BCUT2D eigenvalue weighted by atomic mass is 9.80. The van der Waals surface area contributed by atoms with Crippen molar-refractivity contribution in [3.05, 3.63) is 35.9 Å². The molecule has 1 aromatic rings. The van der Waals surface area contributed by atoms with Crippen molar-refractivity contribution >= 4 is 0 Å². The average molecular weight is 313 g/mol. The number of benzene rings is 1.